The van der Waals surface area contributed by atoms with Crippen molar-refractivity contribution >= 4 is 11.6 Å². The molecule has 0 radical (unpaired) electrons. The first-order valence-corrected chi connectivity index (χ1v) is 5.79. The minimum Gasteiger partial charge on any atom is -0.382 e. The molecule has 16 heavy (non-hydrogen) atoms. The molecule has 2 rings (SSSR count). The summed E-state index contributed by atoms with van der Waals surface area (Å²) in [6.07, 6.45) is 2.93. The van der Waals surface area contributed by atoms with Gasteiger partial charge in [-0.05, 0) is 37.3 Å². The lowest BCUT2D eigenvalue weighted by molar-refractivity contribution is -0.117. The molecule has 0 spiro atoms. The van der Waals surface area contributed by atoms with Gasteiger partial charge in [0.2, 0.25) is 5.91 Å². The van der Waals surface area contributed by atoms with Gasteiger partial charge in [-0.15, -0.1) is 0 Å². The van der Waals surface area contributed by atoms with Crippen molar-refractivity contribution in [2.45, 2.75) is 32.2 Å². The van der Waals surface area contributed by atoms with Crippen molar-refractivity contribution in [2.24, 2.45) is 11.7 Å². The van der Waals surface area contributed by atoms with Crippen molar-refractivity contribution in [2.75, 3.05) is 5.32 Å². The number of anilines is 1. The topological polar surface area (TPSA) is 55.1 Å². The maximum atomic E-state index is 10.9. The number of nitrogens with one attached hydrogen (secondary N) is 1. The van der Waals surface area contributed by atoms with Gasteiger partial charge >= 0.3 is 0 Å². The van der Waals surface area contributed by atoms with Gasteiger partial charge in [-0.2, -0.15) is 0 Å². The van der Waals surface area contributed by atoms with Crippen LogP contribution >= 0.6 is 0 Å². The molecule has 3 heteroatoms. The molecule has 1 aromatic carbocycles. The summed E-state index contributed by atoms with van der Waals surface area (Å²) in [6.45, 7) is 2.19. The Morgan fingerprint density at radius 2 is 2.19 bits per heavy atom. The standard InChI is InChI=1S/C13H18N2O/c1-9(10-6-7-10)15-12-5-3-2-4-11(12)8-13(14)16/h2-5,9-10,15H,6-8H2,1H3,(H2,14,16). The molecule has 86 valence electrons. The van der Waals surface area contributed by atoms with Gasteiger partial charge in [0.05, 0.1) is 6.42 Å². The molecule has 1 aliphatic carbocycles. The monoisotopic (exact) mass is 218 g/mol. The number of carbonyl (C=O) groups excluding carboxylic acids is 1. The van der Waals surface area contributed by atoms with E-state index in [-0.39, 0.29) is 5.91 Å². The first-order chi connectivity index (χ1) is 7.66. The molecular formula is C13H18N2O. The molecule has 1 saturated carbocycles. The molecule has 1 amide bonds. The number of hydrogen-bond acceptors (Lipinski definition) is 2. The van der Waals surface area contributed by atoms with Crippen LogP contribution in [0.25, 0.3) is 0 Å². The summed E-state index contributed by atoms with van der Waals surface area (Å²) < 4.78 is 0. The van der Waals surface area contributed by atoms with Gasteiger partial charge in [-0.1, -0.05) is 18.2 Å². The summed E-state index contributed by atoms with van der Waals surface area (Å²) in [5.74, 6) is 0.509. The van der Waals surface area contributed by atoms with E-state index in [1.54, 1.807) is 0 Å². The Morgan fingerprint density at radius 1 is 1.50 bits per heavy atom. The van der Waals surface area contributed by atoms with Crippen LogP contribution in [0.5, 0.6) is 0 Å². The molecule has 0 bridgehead atoms. The van der Waals surface area contributed by atoms with E-state index in [0.29, 0.717) is 12.5 Å². The van der Waals surface area contributed by atoms with Crippen LogP contribution in [0.4, 0.5) is 5.69 Å². The number of benzene rings is 1. The highest BCUT2D eigenvalue weighted by molar-refractivity contribution is 5.78. The summed E-state index contributed by atoms with van der Waals surface area (Å²) in [4.78, 5) is 10.9. The maximum absolute atomic E-state index is 10.9. The zero-order valence-corrected chi connectivity index (χ0v) is 9.57. The van der Waals surface area contributed by atoms with Crippen LogP contribution in [-0.4, -0.2) is 11.9 Å². The number of amides is 1. The first kappa shape index (κ1) is 11.0. The molecule has 1 aromatic rings. The van der Waals surface area contributed by atoms with E-state index in [2.05, 4.69) is 12.2 Å². The van der Waals surface area contributed by atoms with E-state index in [1.807, 2.05) is 24.3 Å². The molecule has 0 aliphatic heterocycles. The Kier molecular flexibility index (Phi) is 3.13. The second-order valence-electron chi connectivity index (χ2n) is 4.57. The number of primary amides is 1. The van der Waals surface area contributed by atoms with Crippen LogP contribution < -0.4 is 11.1 Å². The largest absolute Gasteiger partial charge is 0.382 e. The number of para-hydroxylation sites is 1. The number of hydrogen-bond donors (Lipinski definition) is 2. The highest BCUT2D eigenvalue weighted by Gasteiger charge is 2.28. The smallest absolute Gasteiger partial charge is 0.221 e. The summed E-state index contributed by atoms with van der Waals surface area (Å²) in [6, 6.07) is 8.36. The Morgan fingerprint density at radius 3 is 2.81 bits per heavy atom. The van der Waals surface area contributed by atoms with Gasteiger partial charge in [-0.25, -0.2) is 0 Å². The summed E-state index contributed by atoms with van der Waals surface area (Å²) in [5, 5.41) is 3.47. The van der Waals surface area contributed by atoms with E-state index in [9.17, 15) is 4.79 Å². The molecule has 0 saturated heterocycles. The fourth-order valence-corrected chi connectivity index (χ4v) is 1.96. The van der Waals surface area contributed by atoms with E-state index >= 15 is 0 Å². The highest BCUT2D eigenvalue weighted by atomic mass is 16.1. The second-order valence-corrected chi connectivity index (χ2v) is 4.57. The third kappa shape index (κ3) is 2.75. The molecule has 0 aromatic heterocycles. The van der Waals surface area contributed by atoms with Crippen LogP contribution in [0.15, 0.2) is 24.3 Å². The van der Waals surface area contributed by atoms with Crippen LogP contribution in [0.1, 0.15) is 25.3 Å². The summed E-state index contributed by atoms with van der Waals surface area (Å²) in [5.41, 5.74) is 7.26. The van der Waals surface area contributed by atoms with E-state index in [1.165, 1.54) is 12.8 Å². The molecule has 0 heterocycles. The lowest BCUT2D eigenvalue weighted by atomic mass is 10.1. The predicted molar refractivity (Wildman–Crippen MR) is 65.1 cm³/mol. The van der Waals surface area contributed by atoms with Crippen molar-refractivity contribution in [3.63, 3.8) is 0 Å². The zero-order valence-electron chi connectivity index (χ0n) is 9.57. The second kappa shape index (κ2) is 4.56. The summed E-state index contributed by atoms with van der Waals surface area (Å²) in [7, 11) is 0. The molecular weight excluding hydrogens is 200 g/mol. The molecule has 1 atom stereocenters. The molecule has 3 N–H and O–H groups in total. The Hall–Kier alpha value is -1.51. The van der Waals surface area contributed by atoms with Crippen molar-refractivity contribution in [1.82, 2.24) is 0 Å². The molecule has 1 fully saturated rings. The van der Waals surface area contributed by atoms with Crippen molar-refractivity contribution in [3.8, 4) is 0 Å². The van der Waals surface area contributed by atoms with Crippen LogP contribution in [-0.2, 0) is 11.2 Å². The third-order valence-corrected chi connectivity index (χ3v) is 3.09. The lowest BCUT2D eigenvalue weighted by Gasteiger charge is -2.17. The minimum absolute atomic E-state index is 0.284. The molecule has 1 unspecified atom stereocenters. The van der Waals surface area contributed by atoms with Crippen molar-refractivity contribution in [1.29, 1.82) is 0 Å². The number of nitrogens with two attached hydrogens (primary N) is 1. The van der Waals surface area contributed by atoms with Crippen molar-refractivity contribution in [3.05, 3.63) is 29.8 Å². The van der Waals surface area contributed by atoms with E-state index in [4.69, 9.17) is 5.73 Å². The van der Waals surface area contributed by atoms with Gasteiger partial charge in [0.25, 0.3) is 0 Å². The maximum Gasteiger partial charge on any atom is 0.221 e. The van der Waals surface area contributed by atoms with Gasteiger partial charge in [-0.3, -0.25) is 4.79 Å². The van der Waals surface area contributed by atoms with E-state index < -0.39 is 0 Å². The average Bonchev–Trinajstić information content (AvgIpc) is 3.03. The van der Waals surface area contributed by atoms with Gasteiger partial charge < -0.3 is 11.1 Å². The highest BCUT2D eigenvalue weighted by Crippen LogP contribution is 2.34. The minimum atomic E-state index is -0.284. The fraction of sp³-hybridized carbons (Fsp3) is 0.462. The van der Waals surface area contributed by atoms with E-state index in [0.717, 1.165) is 17.2 Å². The van der Waals surface area contributed by atoms with Crippen LogP contribution in [0.3, 0.4) is 0 Å². The molecule has 1 aliphatic rings. The van der Waals surface area contributed by atoms with Crippen LogP contribution in [0, 0.1) is 5.92 Å². The number of carbonyl (C=O) groups is 1. The first-order valence-electron chi connectivity index (χ1n) is 5.79. The van der Waals surface area contributed by atoms with Gasteiger partial charge in [0.15, 0.2) is 0 Å². The lowest BCUT2D eigenvalue weighted by Crippen LogP contribution is -2.20. The Bertz CT molecular complexity index is 385. The Labute approximate surface area is 96.0 Å². The SMILES string of the molecule is CC(Nc1ccccc1CC(N)=O)C1CC1. The zero-order chi connectivity index (χ0) is 11.5. The Balaban J connectivity index is 2.08. The fourth-order valence-electron chi connectivity index (χ4n) is 1.96. The normalized spacial score (nSPS) is 16.8. The van der Waals surface area contributed by atoms with Gasteiger partial charge in [0, 0.05) is 11.7 Å². The third-order valence-electron chi connectivity index (χ3n) is 3.09. The number of rotatable bonds is 5. The summed E-state index contributed by atoms with van der Waals surface area (Å²) >= 11 is 0. The quantitative estimate of drug-likeness (QED) is 0.793. The van der Waals surface area contributed by atoms with Crippen molar-refractivity contribution < 1.29 is 4.79 Å². The van der Waals surface area contributed by atoms with Gasteiger partial charge in [0.1, 0.15) is 0 Å². The molecule has 3 nitrogen and oxygen atoms in total. The van der Waals surface area contributed by atoms with Crippen LogP contribution in [0.2, 0.25) is 0 Å². The average molecular weight is 218 g/mol. The predicted octanol–water partition coefficient (Wildman–Crippen LogP) is 1.92.